The SMILES string of the molecule is CC(C)(C)N1CC(C(=O)N2CCN(C(=O)CCc3ccc(Cl)cc3)CC2)CC1=O. The van der Waals surface area contributed by atoms with Gasteiger partial charge < -0.3 is 14.7 Å². The summed E-state index contributed by atoms with van der Waals surface area (Å²) in [6, 6.07) is 7.55. The number of benzene rings is 1. The van der Waals surface area contributed by atoms with Gasteiger partial charge in [-0.25, -0.2) is 0 Å². The van der Waals surface area contributed by atoms with Gasteiger partial charge in [0.05, 0.1) is 5.92 Å². The van der Waals surface area contributed by atoms with Crippen LogP contribution in [0, 0.1) is 5.92 Å². The van der Waals surface area contributed by atoms with Crippen molar-refractivity contribution < 1.29 is 14.4 Å². The Kier molecular flexibility index (Phi) is 6.52. The Hall–Kier alpha value is -2.08. The van der Waals surface area contributed by atoms with Crippen LogP contribution in [0.3, 0.4) is 0 Å². The maximum Gasteiger partial charge on any atom is 0.228 e. The average Bonchev–Trinajstić information content (AvgIpc) is 3.09. The Balaban J connectivity index is 1.46. The predicted molar refractivity (Wildman–Crippen MR) is 113 cm³/mol. The zero-order chi connectivity index (χ0) is 21.2. The van der Waals surface area contributed by atoms with Gasteiger partial charge >= 0.3 is 0 Å². The van der Waals surface area contributed by atoms with Gasteiger partial charge in [0.15, 0.2) is 0 Å². The molecule has 0 radical (unpaired) electrons. The molecule has 2 fully saturated rings. The number of piperazine rings is 1. The second kappa shape index (κ2) is 8.74. The fourth-order valence-electron chi connectivity index (χ4n) is 4.02. The van der Waals surface area contributed by atoms with E-state index in [9.17, 15) is 14.4 Å². The molecule has 2 saturated heterocycles. The summed E-state index contributed by atoms with van der Waals surface area (Å²) in [6.45, 7) is 8.63. The van der Waals surface area contributed by atoms with E-state index in [-0.39, 0.29) is 35.6 Å². The quantitative estimate of drug-likeness (QED) is 0.753. The molecule has 0 spiro atoms. The lowest BCUT2D eigenvalue weighted by Gasteiger charge is -2.36. The van der Waals surface area contributed by atoms with Gasteiger partial charge in [-0.2, -0.15) is 0 Å². The summed E-state index contributed by atoms with van der Waals surface area (Å²) in [5.74, 6) is -0.0684. The molecule has 3 amide bonds. The summed E-state index contributed by atoms with van der Waals surface area (Å²) in [5.41, 5.74) is 0.826. The minimum absolute atomic E-state index is 0.0402. The number of amides is 3. The first kappa shape index (κ1) is 21.6. The highest BCUT2D eigenvalue weighted by atomic mass is 35.5. The zero-order valence-electron chi connectivity index (χ0n) is 17.5. The largest absolute Gasteiger partial charge is 0.339 e. The van der Waals surface area contributed by atoms with Gasteiger partial charge in [0.25, 0.3) is 0 Å². The van der Waals surface area contributed by atoms with Crippen LogP contribution in [0.4, 0.5) is 0 Å². The van der Waals surface area contributed by atoms with Crippen LogP contribution in [0.1, 0.15) is 39.2 Å². The Morgan fingerprint density at radius 2 is 1.62 bits per heavy atom. The van der Waals surface area contributed by atoms with Crippen molar-refractivity contribution in [1.82, 2.24) is 14.7 Å². The third kappa shape index (κ3) is 5.30. The van der Waals surface area contributed by atoms with E-state index >= 15 is 0 Å². The predicted octanol–water partition coefficient (Wildman–Crippen LogP) is 2.59. The Bertz CT molecular complexity index is 765. The Labute approximate surface area is 177 Å². The van der Waals surface area contributed by atoms with E-state index in [1.54, 1.807) is 4.90 Å². The number of likely N-dealkylation sites (tertiary alicyclic amines) is 1. The van der Waals surface area contributed by atoms with Gasteiger partial charge in [-0.05, 0) is 44.9 Å². The monoisotopic (exact) mass is 419 g/mol. The van der Waals surface area contributed by atoms with Crippen LogP contribution in [0.5, 0.6) is 0 Å². The third-order valence-corrected chi connectivity index (χ3v) is 6.02. The molecule has 158 valence electrons. The maximum absolute atomic E-state index is 12.9. The molecule has 1 unspecified atom stereocenters. The van der Waals surface area contributed by atoms with Crippen LogP contribution in [0.25, 0.3) is 0 Å². The van der Waals surface area contributed by atoms with Crippen LogP contribution < -0.4 is 0 Å². The average molecular weight is 420 g/mol. The van der Waals surface area contributed by atoms with E-state index in [2.05, 4.69) is 0 Å². The van der Waals surface area contributed by atoms with E-state index in [0.29, 0.717) is 50.6 Å². The summed E-state index contributed by atoms with van der Waals surface area (Å²) >= 11 is 5.89. The second-order valence-electron chi connectivity index (χ2n) is 8.91. The molecule has 1 atom stereocenters. The molecular weight excluding hydrogens is 390 g/mol. The van der Waals surface area contributed by atoms with E-state index in [1.165, 1.54) is 0 Å². The highest BCUT2D eigenvalue weighted by Gasteiger charge is 2.41. The molecule has 2 aliphatic heterocycles. The number of aryl methyl sites for hydroxylation is 1. The number of hydrogen-bond donors (Lipinski definition) is 0. The molecule has 2 aliphatic rings. The first-order valence-corrected chi connectivity index (χ1v) is 10.6. The van der Waals surface area contributed by atoms with Gasteiger partial charge in [-0.15, -0.1) is 0 Å². The Morgan fingerprint density at radius 3 is 2.17 bits per heavy atom. The van der Waals surface area contributed by atoms with Crippen LogP contribution >= 0.6 is 11.6 Å². The Morgan fingerprint density at radius 1 is 1.03 bits per heavy atom. The van der Waals surface area contributed by atoms with Crippen molar-refractivity contribution >= 4 is 29.3 Å². The molecule has 1 aromatic carbocycles. The minimum Gasteiger partial charge on any atom is -0.339 e. The molecule has 3 rings (SSSR count). The van der Waals surface area contributed by atoms with Gasteiger partial charge in [-0.3, -0.25) is 14.4 Å². The van der Waals surface area contributed by atoms with Crippen molar-refractivity contribution in [3.8, 4) is 0 Å². The third-order valence-electron chi connectivity index (χ3n) is 5.77. The molecular formula is C22H30ClN3O3. The first-order valence-electron chi connectivity index (χ1n) is 10.3. The number of rotatable bonds is 4. The maximum atomic E-state index is 12.9. The molecule has 6 nitrogen and oxygen atoms in total. The van der Waals surface area contributed by atoms with Gasteiger partial charge in [0.1, 0.15) is 0 Å². The fourth-order valence-corrected chi connectivity index (χ4v) is 4.14. The number of nitrogens with zero attached hydrogens (tertiary/aromatic N) is 3. The molecule has 29 heavy (non-hydrogen) atoms. The number of carbonyl (C=O) groups excluding carboxylic acids is 3. The highest BCUT2D eigenvalue weighted by Crippen LogP contribution is 2.27. The van der Waals surface area contributed by atoms with E-state index < -0.39 is 0 Å². The van der Waals surface area contributed by atoms with Gasteiger partial charge in [0.2, 0.25) is 17.7 Å². The van der Waals surface area contributed by atoms with Crippen LogP contribution in [0.15, 0.2) is 24.3 Å². The summed E-state index contributed by atoms with van der Waals surface area (Å²) in [7, 11) is 0. The van der Waals surface area contributed by atoms with Crippen molar-refractivity contribution in [2.45, 2.75) is 45.6 Å². The van der Waals surface area contributed by atoms with Crippen molar-refractivity contribution in [2.24, 2.45) is 5.92 Å². The topological polar surface area (TPSA) is 60.9 Å². The highest BCUT2D eigenvalue weighted by molar-refractivity contribution is 6.30. The van der Waals surface area contributed by atoms with Crippen molar-refractivity contribution in [2.75, 3.05) is 32.7 Å². The van der Waals surface area contributed by atoms with Gasteiger partial charge in [0, 0.05) is 56.1 Å². The number of carbonyl (C=O) groups is 3. The molecule has 1 aromatic rings. The smallest absolute Gasteiger partial charge is 0.228 e. The molecule has 7 heteroatoms. The molecule has 0 N–H and O–H groups in total. The molecule has 0 aliphatic carbocycles. The lowest BCUT2D eigenvalue weighted by Crippen LogP contribution is -2.52. The van der Waals surface area contributed by atoms with Crippen LogP contribution in [-0.2, 0) is 20.8 Å². The summed E-state index contributed by atoms with van der Waals surface area (Å²) in [4.78, 5) is 43.1. The van der Waals surface area contributed by atoms with Crippen LogP contribution in [-0.4, -0.2) is 70.7 Å². The summed E-state index contributed by atoms with van der Waals surface area (Å²) < 4.78 is 0. The first-order chi connectivity index (χ1) is 13.6. The van der Waals surface area contributed by atoms with Crippen molar-refractivity contribution in [1.29, 1.82) is 0 Å². The molecule has 0 saturated carbocycles. The lowest BCUT2D eigenvalue weighted by atomic mass is 10.1. The minimum atomic E-state index is -0.270. The summed E-state index contributed by atoms with van der Waals surface area (Å²) in [5, 5.41) is 0.690. The standard InChI is InChI=1S/C22H30ClN3O3/c1-22(2,3)26-15-17(14-20(26)28)21(29)25-12-10-24(11-13-25)19(27)9-6-16-4-7-18(23)8-5-16/h4-5,7-8,17H,6,9-15H2,1-3H3. The van der Waals surface area contributed by atoms with Crippen LogP contribution in [0.2, 0.25) is 5.02 Å². The lowest BCUT2D eigenvalue weighted by molar-refractivity contribution is -0.142. The number of hydrogen-bond acceptors (Lipinski definition) is 3. The van der Waals surface area contributed by atoms with E-state index in [1.807, 2.05) is 54.8 Å². The normalized spacial score (nSPS) is 20.3. The van der Waals surface area contributed by atoms with E-state index in [4.69, 9.17) is 11.6 Å². The van der Waals surface area contributed by atoms with Crippen molar-refractivity contribution in [3.63, 3.8) is 0 Å². The molecule has 0 aromatic heterocycles. The zero-order valence-corrected chi connectivity index (χ0v) is 18.2. The second-order valence-corrected chi connectivity index (χ2v) is 9.35. The molecule has 0 bridgehead atoms. The fraction of sp³-hybridized carbons (Fsp3) is 0.591. The van der Waals surface area contributed by atoms with E-state index in [0.717, 1.165) is 5.56 Å². The number of halogens is 1. The van der Waals surface area contributed by atoms with Gasteiger partial charge in [-0.1, -0.05) is 23.7 Å². The summed E-state index contributed by atoms with van der Waals surface area (Å²) in [6.07, 6.45) is 1.42. The van der Waals surface area contributed by atoms with Crippen molar-refractivity contribution in [3.05, 3.63) is 34.9 Å². The molecule has 2 heterocycles.